The molecule has 0 aliphatic rings. The Hall–Kier alpha value is -3.15. The van der Waals surface area contributed by atoms with Crippen LogP contribution >= 0.6 is 0 Å². The first-order valence-electron chi connectivity index (χ1n) is 7.14. The number of rotatable bonds is 6. The van der Waals surface area contributed by atoms with Crippen molar-refractivity contribution < 1.29 is 23.8 Å². The lowest BCUT2D eigenvalue weighted by atomic mass is 10.1. The van der Waals surface area contributed by atoms with Gasteiger partial charge in [-0.05, 0) is 41.5 Å². The van der Waals surface area contributed by atoms with E-state index in [1.807, 2.05) is 0 Å². The summed E-state index contributed by atoms with van der Waals surface area (Å²) in [5.74, 6) is -1.55. The van der Waals surface area contributed by atoms with Crippen molar-refractivity contribution in [1.82, 2.24) is 5.32 Å². The molecule has 0 radical (unpaired) electrons. The molecule has 0 bridgehead atoms. The van der Waals surface area contributed by atoms with Gasteiger partial charge in [-0.3, -0.25) is 4.79 Å². The topological polar surface area (TPSA) is 75.6 Å². The van der Waals surface area contributed by atoms with Crippen LogP contribution in [0.25, 0.3) is 6.08 Å². The summed E-state index contributed by atoms with van der Waals surface area (Å²) in [5.41, 5.74) is 1.00. The van der Waals surface area contributed by atoms with Gasteiger partial charge in [0.25, 0.3) is 0 Å². The summed E-state index contributed by atoms with van der Waals surface area (Å²) in [6.45, 7) is 1.41. The molecule has 0 aliphatic carbocycles. The second-order valence-corrected chi connectivity index (χ2v) is 5.04. The van der Waals surface area contributed by atoms with E-state index >= 15 is 0 Å². The molecule has 2 N–H and O–H groups in total. The highest BCUT2D eigenvalue weighted by Gasteiger charge is 2.09. The van der Waals surface area contributed by atoms with Gasteiger partial charge in [0, 0.05) is 6.92 Å². The predicted octanol–water partition coefficient (Wildman–Crippen LogP) is 2.97. The zero-order valence-corrected chi connectivity index (χ0v) is 13.0. The number of carbonyl (C=O) groups excluding carboxylic acids is 1. The number of halogens is 1. The Kier molecular flexibility index (Phi) is 5.68. The van der Waals surface area contributed by atoms with Gasteiger partial charge < -0.3 is 15.2 Å². The third kappa shape index (κ3) is 5.24. The SMILES string of the molecule is CC(=O)N/C(=C/c1cccc(OCc2cccc(F)c2)c1)C(=O)O. The van der Waals surface area contributed by atoms with Gasteiger partial charge in [-0.1, -0.05) is 24.3 Å². The number of hydrogen-bond acceptors (Lipinski definition) is 3. The summed E-state index contributed by atoms with van der Waals surface area (Å²) in [6, 6.07) is 12.8. The summed E-state index contributed by atoms with van der Waals surface area (Å²) in [7, 11) is 0. The van der Waals surface area contributed by atoms with Crippen molar-refractivity contribution in [2.45, 2.75) is 13.5 Å². The summed E-state index contributed by atoms with van der Waals surface area (Å²) in [4.78, 5) is 22.1. The molecule has 0 saturated carbocycles. The molecule has 6 heteroatoms. The molecule has 0 aromatic heterocycles. The Morgan fingerprint density at radius 3 is 2.62 bits per heavy atom. The number of amides is 1. The van der Waals surface area contributed by atoms with Gasteiger partial charge in [0.05, 0.1) is 0 Å². The Morgan fingerprint density at radius 2 is 1.96 bits per heavy atom. The van der Waals surface area contributed by atoms with E-state index in [1.165, 1.54) is 25.1 Å². The maximum atomic E-state index is 13.1. The fourth-order valence-electron chi connectivity index (χ4n) is 2.00. The zero-order valence-electron chi connectivity index (χ0n) is 13.0. The van der Waals surface area contributed by atoms with Crippen LogP contribution in [-0.4, -0.2) is 17.0 Å². The van der Waals surface area contributed by atoms with Gasteiger partial charge in [0.15, 0.2) is 0 Å². The normalized spacial score (nSPS) is 11.0. The summed E-state index contributed by atoms with van der Waals surface area (Å²) >= 11 is 0. The lowest BCUT2D eigenvalue weighted by Crippen LogP contribution is -2.24. The Bertz CT molecular complexity index is 786. The molecule has 124 valence electrons. The molecule has 0 atom stereocenters. The van der Waals surface area contributed by atoms with E-state index in [9.17, 15) is 14.0 Å². The standard InChI is InChI=1S/C18H16FNO4/c1-12(21)20-17(18(22)23)10-13-4-3-7-16(9-13)24-11-14-5-2-6-15(19)8-14/h2-10H,11H2,1H3,(H,20,21)(H,22,23)/b17-10+. The zero-order chi connectivity index (χ0) is 17.5. The van der Waals surface area contributed by atoms with E-state index in [0.717, 1.165) is 0 Å². The third-order valence-corrected chi connectivity index (χ3v) is 3.00. The molecular formula is C18H16FNO4. The van der Waals surface area contributed by atoms with Crippen LogP contribution < -0.4 is 10.1 Å². The van der Waals surface area contributed by atoms with E-state index in [2.05, 4.69) is 5.32 Å². The molecule has 0 saturated heterocycles. The monoisotopic (exact) mass is 329 g/mol. The molecule has 5 nitrogen and oxygen atoms in total. The average Bonchev–Trinajstić information content (AvgIpc) is 2.52. The van der Waals surface area contributed by atoms with E-state index in [1.54, 1.807) is 36.4 Å². The number of aliphatic carboxylic acids is 1. The van der Waals surface area contributed by atoms with Crippen molar-refractivity contribution in [3.63, 3.8) is 0 Å². The van der Waals surface area contributed by atoms with Crippen molar-refractivity contribution >= 4 is 18.0 Å². The van der Waals surface area contributed by atoms with Crippen LogP contribution in [0.4, 0.5) is 4.39 Å². The van der Waals surface area contributed by atoms with Crippen LogP contribution in [0.3, 0.4) is 0 Å². The number of carboxylic acid groups (broad SMARTS) is 1. The second kappa shape index (κ2) is 7.92. The molecule has 0 aliphatic heterocycles. The fraction of sp³-hybridized carbons (Fsp3) is 0.111. The predicted molar refractivity (Wildman–Crippen MR) is 86.6 cm³/mol. The summed E-state index contributed by atoms with van der Waals surface area (Å²) in [6.07, 6.45) is 1.33. The number of hydrogen-bond donors (Lipinski definition) is 2. The number of ether oxygens (including phenoxy) is 1. The molecule has 0 heterocycles. The van der Waals surface area contributed by atoms with Gasteiger partial charge in [-0.25, -0.2) is 9.18 Å². The first-order valence-corrected chi connectivity index (χ1v) is 7.14. The second-order valence-electron chi connectivity index (χ2n) is 5.04. The smallest absolute Gasteiger partial charge is 0.352 e. The van der Waals surface area contributed by atoms with E-state index in [0.29, 0.717) is 16.9 Å². The molecular weight excluding hydrogens is 313 g/mol. The van der Waals surface area contributed by atoms with Crippen LogP contribution in [0.1, 0.15) is 18.1 Å². The highest BCUT2D eigenvalue weighted by molar-refractivity contribution is 5.96. The van der Waals surface area contributed by atoms with Crippen LogP contribution in [-0.2, 0) is 16.2 Å². The van der Waals surface area contributed by atoms with Crippen LogP contribution in [0.2, 0.25) is 0 Å². The van der Waals surface area contributed by atoms with Crippen LogP contribution in [0, 0.1) is 5.82 Å². The van der Waals surface area contributed by atoms with Crippen molar-refractivity contribution in [3.05, 3.63) is 71.2 Å². The largest absolute Gasteiger partial charge is 0.489 e. The summed E-state index contributed by atoms with van der Waals surface area (Å²) < 4.78 is 18.7. The summed E-state index contributed by atoms with van der Waals surface area (Å²) in [5, 5.41) is 11.3. The minimum atomic E-state index is -1.24. The number of benzene rings is 2. The average molecular weight is 329 g/mol. The molecule has 0 spiro atoms. The van der Waals surface area contributed by atoms with Crippen molar-refractivity contribution in [3.8, 4) is 5.75 Å². The molecule has 2 rings (SSSR count). The van der Waals surface area contributed by atoms with Gasteiger partial charge in [-0.15, -0.1) is 0 Å². The van der Waals surface area contributed by atoms with E-state index < -0.39 is 11.9 Å². The number of nitrogens with one attached hydrogen (secondary N) is 1. The van der Waals surface area contributed by atoms with Gasteiger partial charge >= 0.3 is 5.97 Å². The first kappa shape index (κ1) is 17.2. The lowest BCUT2D eigenvalue weighted by Gasteiger charge is -2.08. The van der Waals surface area contributed by atoms with Crippen LogP contribution in [0.5, 0.6) is 5.75 Å². The van der Waals surface area contributed by atoms with Crippen molar-refractivity contribution in [2.24, 2.45) is 0 Å². The van der Waals surface area contributed by atoms with Crippen LogP contribution in [0.15, 0.2) is 54.2 Å². The highest BCUT2D eigenvalue weighted by atomic mass is 19.1. The van der Waals surface area contributed by atoms with Gasteiger partial charge in [0.2, 0.25) is 5.91 Å². The molecule has 24 heavy (non-hydrogen) atoms. The quantitative estimate of drug-likeness (QED) is 0.799. The molecule has 1 amide bonds. The maximum absolute atomic E-state index is 13.1. The molecule has 0 unspecified atom stereocenters. The number of carbonyl (C=O) groups is 2. The van der Waals surface area contributed by atoms with Crippen molar-refractivity contribution in [1.29, 1.82) is 0 Å². The Balaban J connectivity index is 2.13. The first-order chi connectivity index (χ1) is 11.4. The molecule has 0 fully saturated rings. The maximum Gasteiger partial charge on any atom is 0.352 e. The minimum absolute atomic E-state index is 0.183. The lowest BCUT2D eigenvalue weighted by molar-refractivity contribution is -0.134. The molecule has 2 aromatic carbocycles. The van der Waals surface area contributed by atoms with Crippen molar-refractivity contribution in [2.75, 3.05) is 0 Å². The van der Waals surface area contributed by atoms with E-state index in [-0.39, 0.29) is 18.1 Å². The minimum Gasteiger partial charge on any atom is -0.489 e. The van der Waals surface area contributed by atoms with E-state index in [4.69, 9.17) is 9.84 Å². The Morgan fingerprint density at radius 1 is 1.21 bits per heavy atom. The van der Waals surface area contributed by atoms with Gasteiger partial charge in [0.1, 0.15) is 23.9 Å². The third-order valence-electron chi connectivity index (χ3n) is 3.00. The fourth-order valence-corrected chi connectivity index (χ4v) is 2.00. The van der Waals surface area contributed by atoms with Gasteiger partial charge in [-0.2, -0.15) is 0 Å². The highest BCUT2D eigenvalue weighted by Crippen LogP contribution is 2.17. The number of carboxylic acids is 1. The molecule has 2 aromatic rings. The Labute approximate surface area is 138 Å².